The molecule has 6 aromatic rings. The van der Waals surface area contributed by atoms with Crippen molar-refractivity contribution in [1.82, 2.24) is 9.97 Å². The highest BCUT2D eigenvalue weighted by atomic mass is 35.5. The molecule has 1 N–H and O–H groups in total. The molecule has 2 aromatic carbocycles. The Labute approximate surface area is 342 Å². The van der Waals surface area contributed by atoms with Crippen molar-refractivity contribution in [2.24, 2.45) is 0 Å². The van der Waals surface area contributed by atoms with Gasteiger partial charge in [0.25, 0.3) is 4.51 Å². The number of methoxy groups -OCH3 is 2. The van der Waals surface area contributed by atoms with Gasteiger partial charge in [0.15, 0.2) is 5.75 Å². The van der Waals surface area contributed by atoms with Crippen LogP contribution in [0.4, 0.5) is 0 Å². The molecule has 6 rings (SSSR count). The van der Waals surface area contributed by atoms with Crippen molar-refractivity contribution in [3.8, 4) is 56.4 Å². The van der Waals surface area contributed by atoms with E-state index in [4.69, 9.17) is 65.3 Å². The fourth-order valence-electron chi connectivity index (χ4n) is 5.39. The van der Waals surface area contributed by atoms with Gasteiger partial charge < -0.3 is 28.2 Å². The number of nitrogens with zero attached hydrogens (tertiary/aromatic N) is 2. The molecule has 0 aliphatic heterocycles. The first-order valence-corrected chi connectivity index (χ1v) is 18.0. The van der Waals surface area contributed by atoms with Crippen LogP contribution in [-0.2, 0) is 9.47 Å². The molecule has 0 fully saturated rings. The molecular weight excluding hydrogens is 807 g/mol. The van der Waals surface area contributed by atoms with Crippen molar-refractivity contribution in [2.45, 2.75) is 27.7 Å². The molecule has 284 valence electrons. The molecule has 0 amide bonds. The van der Waals surface area contributed by atoms with Gasteiger partial charge in [0.2, 0.25) is 0 Å². The molecular formula is C40H33Cl3N2O8S2. The first-order chi connectivity index (χ1) is 26.1. The minimum Gasteiger partial charge on any atom is -0.507 e. The highest BCUT2D eigenvalue weighted by molar-refractivity contribution is 7.82. The van der Waals surface area contributed by atoms with E-state index >= 15 is 0 Å². The molecule has 0 atom stereocenters. The number of aryl methyl sites for hydroxylation is 4. The summed E-state index contributed by atoms with van der Waals surface area (Å²) in [5.74, 6) is 0.580. The first kappa shape index (κ1) is 42.6. The molecule has 0 aliphatic carbocycles. The Morgan fingerprint density at radius 2 is 1.15 bits per heavy atom. The van der Waals surface area contributed by atoms with Crippen molar-refractivity contribution in [1.29, 1.82) is 0 Å². The Kier molecular flexibility index (Phi) is 15.1. The number of pyridine rings is 2. The minimum absolute atomic E-state index is 0.0602. The standard InChI is InChI=1S/C20H16ClNO4S.C18H14ClNO3.C2H3ClOS/c1-11-7-12(2)17(14(21)8-11)18-16(26-20(27)24-3)9-15(25-19(18)23)13-5-4-6-22-10-13;1-10-6-11(2)16(13(19)7-10)17-14(21)8-15(23-18(17)22)12-4-3-5-20-9-12;1-4-2(3)5/h4-10H,1-3H3;3-9,21H,1-2H3;1H3. The van der Waals surface area contributed by atoms with Crippen LogP contribution in [-0.4, -0.2) is 39.0 Å². The van der Waals surface area contributed by atoms with E-state index in [2.05, 4.69) is 26.9 Å². The third-order valence-electron chi connectivity index (χ3n) is 7.62. The average molecular weight is 840 g/mol. The van der Waals surface area contributed by atoms with Gasteiger partial charge in [0, 0.05) is 81.4 Å². The minimum atomic E-state index is -0.641. The Balaban J connectivity index is 0.000000220. The summed E-state index contributed by atoms with van der Waals surface area (Å²) in [4.78, 5) is 33.3. The third kappa shape index (κ3) is 11.0. The normalized spacial score (nSPS) is 10.3. The number of aromatic hydroxyl groups is 1. The number of hydrogen-bond donors (Lipinski definition) is 1. The van der Waals surface area contributed by atoms with E-state index in [0.29, 0.717) is 38.1 Å². The molecule has 4 heterocycles. The molecule has 0 spiro atoms. The van der Waals surface area contributed by atoms with Crippen LogP contribution in [0.2, 0.25) is 10.0 Å². The average Bonchev–Trinajstić information content (AvgIpc) is 3.14. The lowest BCUT2D eigenvalue weighted by atomic mass is 9.98. The second-order valence-electron chi connectivity index (χ2n) is 11.7. The van der Waals surface area contributed by atoms with E-state index in [1.807, 2.05) is 39.8 Å². The SMILES string of the molecule is COC(=S)Cl.COC(=S)Oc1cc(-c2cccnc2)oc(=O)c1-c1c(C)cc(C)cc1Cl.Cc1cc(C)c(-c2c(O)cc(-c3cccnc3)oc2=O)c(Cl)c1. The highest BCUT2D eigenvalue weighted by Gasteiger charge is 2.23. The molecule has 15 heteroatoms. The molecule has 10 nitrogen and oxygen atoms in total. The maximum absolute atomic E-state index is 12.9. The molecule has 0 bridgehead atoms. The summed E-state index contributed by atoms with van der Waals surface area (Å²) in [6, 6.07) is 17.3. The number of ether oxygens (including phenoxy) is 3. The van der Waals surface area contributed by atoms with Gasteiger partial charge in [0.1, 0.15) is 28.4 Å². The Bertz CT molecular complexity index is 2410. The molecule has 4 aromatic heterocycles. The number of hydrogen-bond acceptors (Lipinski definition) is 12. The van der Waals surface area contributed by atoms with Crippen LogP contribution >= 0.6 is 59.2 Å². The zero-order chi connectivity index (χ0) is 40.4. The smallest absolute Gasteiger partial charge is 0.357 e. The molecule has 0 unspecified atom stereocenters. The van der Waals surface area contributed by atoms with Crippen LogP contribution < -0.4 is 16.0 Å². The topological polar surface area (TPSA) is 134 Å². The van der Waals surface area contributed by atoms with Gasteiger partial charge in [-0.2, -0.15) is 0 Å². The second kappa shape index (κ2) is 19.5. The van der Waals surface area contributed by atoms with Gasteiger partial charge in [-0.15, -0.1) is 0 Å². The molecule has 55 heavy (non-hydrogen) atoms. The lowest BCUT2D eigenvalue weighted by molar-refractivity contribution is 0.314. The molecule has 0 saturated carbocycles. The van der Waals surface area contributed by atoms with Crippen molar-refractivity contribution in [3.63, 3.8) is 0 Å². The Hall–Kier alpha value is -5.11. The van der Waals surface area contributed by atoms with Crippen LogP contribution in [0.25, 0.3) is 44.9 Å². The van der Waals surface area contributed by atoms with Gasteiger partial charge >= 0.3 is 16.5 Å². The number of benzene rings is 2. The summed E-state index contributed by atoms with van der Waals surface area (Å²) < 4.78 is 25.7. The summed E-state index contributed by atoms with van der Waals surface area (Å²) in [6.45, 7) is 7.54. The monoisotopic (exact) mass is 838 g/mol. The zero-order valence-electron chi connectivity index (χ0n) is 30.2. The number of thiocarbonyl (C=S) groups is 2. The Morgan fingerprint density at radius 3 is 1.55 bits per heavy atom. The molecule has 0 aliphatic rings. The zero-order valence-corrected chi connectivity index (χ0v) is 34.1. The van der Waals surface area contributed by atoms with Crippen molar-refractivity contribution >= 4 is 69.0 Å². The summed E-state index contributed by atoms with van der Waals surface area (Å²) >= 11 is 26.9. The van der Waals surface area contributed by atoms with E-state index in [9.17, 15) is 14.7 Å². The summed E-state index contributed by atoms with van der Waals surface area (Å²) in [5, 5.41) is 11.1. The second-order valence-corrected chi connectivity index (χ2v) is 13.7. The van der Waals surface area contributed by atoms with Crippen LogP contribution in [0.1, 0.15) is 22.3 Å². The summed E-state index contributed by atoms with van der Waals surface area (Å²) in [6.07, 6.45) is 6.39. The van der Waals surface area contributed by atoms with Gasteiger partial charge in [-0.25, -0.2) is 9.59 Å². The largest absolute Gasteiger partial charge is 0.507 e. The van der Waals surface area contributed by atoms with Gasteiger partial charge in [-0.1, -0.05) is 35.3 Å². The maximum Gasteiger partial charge on any atom is 0.357 e. The van der Waals surface area contributed by atoms with Crippen LogP contribution in [0, 0.1) is 27.7 Å². The fourth-order valence-corrected chi connectivity index (χ4v) is 6.31. The number of aromatic nitrogens is 2. The van der Waals surface area contributed by atoms with Crippen molar-refractivity contribution in [3.05, 3.63) is 139 Å². The van der Waals surface area contributed by atoms with Crippen molar-refractivity contribution < 1.29 is 28.2 Å². The fraction of sp³-hybridized carbons (Fsp3) is 0.150. The number of halogens is 3. The van der Waals surface area contributed by atoms with Crippen molar-refractivity contribution in [2.75, 3.05) is 14.2 Å². The summed E-state index contributed by atoms with van der Waals surface area (Å²) in [5.41, 5.74) is 4.84. The van der Waals surface area contributed by atoms with E-state index in [0.717, 1.165) is 22.3 Å². The molecule has 0 radical (unpaired) electrons. The molecule has 0 saturated heterocycles. The predicted octanol–water partition coefficient (Wildman–Crippen LogP) is 10.5. The van der Waals surface area contributed by atoms with E-state index in [-0.39, 0.29) is 38.1 Å². The third-order valence-corrected chi connectivity index (χ3v) is 8.79. The first-order valence-electron chi connectivity index (χ1n) is 16.0. The van der Waals surface area contributed by atoms with Gasteiger partial charge in [-0.05, 0) is 110 Å². The van der Waals surface area contributed by atoms with Crippen LogP contribution in [0.5, 0.6) is 11.5 Å². The van der Waals surface area contributed by atoms with Gasteiger partial charge in [0.05, 0.1) is 14.2 Å². The number of rotatable bonds is 5. The highest BCUT2D eigenvalue weighted by Crippen LogP contribution is 2.39. The van der Waals surface area contributed by atoms with E-state index < -0.39 is 11.3 Å². The van der Waals surface area contributed by atoms with E-state index in [1.54, 1.807) is 67.3 Å². The quantitative estimate of drug-likeness (QED) is 0.131. The Morgan fingerprint density at radius 1 is 0.691 bits per heavy atom. The maximum atomic E-state index is 12.9. The van der Waals surface area contributed by atoms with Crippen LogP contribution in [0.3, 0.4) is 0 Å². The van der Waals surface area contributed by atoms with Gasteiger partial charge in [-0.3, -0.25) is 9.97 Å². The van der Waals surface area contributed by atoms with Crippen LogP contribution in [0.15, 0.2) is 104 Å². The van der Waals surface area contributed by atoms with E-state index in [1.165, 1.54) is 20.3 Å². The lowest BCUT2D eigenvalue weighted by Crippen LogP contribution is -2.13. The summed E-state index contributed by atoms with van der Waals surface area (Å²) in [7, 11) is 2.81. The lowest BCUT2D eigenvalue weighted by Gasteiger charge is -2.14. The predicted molar refractivity (Wildman–Crippen MR) is 224 cm³/mol.